The molecule has 5 nitrogen and oxygen atoms in total. The number of carboxylic acids is 1. The van der Waals surface area contributed by atoms with Crippen molar-refractivity contribution in [2.75, 3.05) is 12.4 Å². The van der Waals surface area contributed by atoms with Crippen molar-refractivity contribution in [3.63, 3.8) is 0 Å². The van der Waals surface area contributed by atoms with Gasteiger partial charge in [0.1, 0.15) is 21.9 Å². The maximum absolute atomic E-state index is 14.2. The predicted octanol–water partition coefficient (Wildman–Crippen LogP) is 5.40. The molecule has 0 unspecified atom stereocenters. The van der Waals surface area contributed by atoms with Gasteiger partial charge in [-0.05, 0) is 40.3 Å². The lowest BCUT2D eigenvalue weighted by Crippen LogP contribution is -2.18. The van der Waals surface area contributed by atoms with Crippen molar-refractivity contribution in [2.24, 2.45) is 0 Å². The normalized spacial score (nSPS) is 10.7. The lowest BCUT2D eigenvalue weighted by atomic mass is 10.0. The number of benzene rings is 2. The highest BCUT2D eigenvalue weighted by atomic mass is 127. The molecule has 2 N–H and O–H groups in total. The summed E-state index contributed by atoms with van der Waals surface area (Å²) in [6.45, 7) is 0. The van der Waals surface area contributed by atoms with Crippen molar-refractivity contribution < 1.29 is 32.6 Å². The largest absolute Gasteiger partial charge is 0.493 e. The second-order valence-electron chi connectivity index (χ2n) is 5.68. The Morgan fingerprint density at radius 1 is 1.10 bits per heavy atom. The molecular weight excluding hydrogens is 522 g/mol. The Hall–Kier alpha value is -2.60. The zero-order chi connectivity index (χ0) is 21.3. The van der Waals surface area contributed by atoms with E-state index in [-0.39, 0.29) is 10.6 Å². The molecule has 0 bridgehead atoms. The van der Waals surface area contributed by atoms with Crippen molar-refractivity contribution in [3.05, 3.63) is 67.9 Å². The first-order valence-electron chi connectivity index (χ1n) is 7.88. The Morgan fingerprint density at radius 3 is 2.34 bits per heavy atom. The first-order valence-corrected chi connectivity index (χ1v) is 9.84. The van der Waals surface area contributed by atoms with Crippen molar-refractivity contribution in [3.8, 4) is 16.9 Å². The number of carbonyl (C=O) groups is 2. The van der Waals surface area contributed by atoms with Gasteiger partial charge in [-0.3, -0.25) is 4.79 Å². The van der Waals surface area contributed by atoms with Crippen molar-refractivity contribution in [1.29, 1.82) is 0 Å². The molecule has 1 aromatic heterocycles. The highest BCUT2D eigenvalue weighted by Gasteiger charge is 2.27. The number of hydrogen-bond donors (Lipinski definition) is 2. The van der Waals surface area contributed by atoms with E-state index >= 15 is 0 Å². The molecule has 0 radical (unpaired) electrons. The van der Waals surface area contributed by atoms with E-state index in [9.17, 15) is 27.9 Å². The molecule has 0 aliphatic carbocycles. The molecule has 0 aliphatic rings. The quantitative estimate of drug-likeness (QED) is 0.341. The van der Waals surface area contributed by atoms with Crippen LogP contribution in [-0.2, 0) is 0 Å². The molecule has 2 aromatic carbocycles. The summed E-state index contributed by atoms with van der Waals surface area (Å²) in [5.74, 6) is -7.95. The fourth-order valence-corrected chi connectivity index (χ4v) is 3.92. The summed E-state index contributed by atoms with van der Waals surface area (Å²) in [7, 11) is 1.02. The molecule has 1 heterocycles. The summed E-state index contributed by atoms with van der Waals surface area (Å²) in [4.78, 5) is 24.1. The first-order chi connectivity index (χ1) is 13.7. The van der Waals surface area contributed by atoms with Gasteiger partial charge in [0.05, 0.1) is 7.11 Å². The molecule has 0 saturated carbocycles. The second-order valence-corrected chi connectivity index (χ2v) is 7.81. The summed E-state index contributed by atoms with van der Waals surface area (Å²) in [5.41, 5.74) is -0.494. The minimum absolute atomic E-state index is 0.133. The number of rotatable bonds is 5. The van der Waals surface area contributed by atoms with Crippen molar-refractivity contribution >= 4 is 50.8 Å². The maximum atomic E-state index is 14.2. The van der Waals surface area contributed by atoms with Crippen LogP contribution in [0.3, 0.4) is 0 Å². The van der Waals surface area contributed by atoms with Crippen LogP contribution in [0.1, 0.15) is 20.7 Å². The van der Waals surface area contributed by atoms with E-state index < -0.39 is 40.6 Å². The molecule has 3 aromatic rings. The summed E-state index contributed by atoms with van der Waals surface area (Å²) < 4.78 is 47.6. The van der Waals surface area contributed by atoms with Crippen LogP contribution < -0.4 is 10.1 Å². The van der Waals surface area contributed by atoms with Gasteiger partial charge in [-0.2, -0.15) is 4.39 Å². The number of thiophene rings is 1. The number of hydrogen-bond acceptors (Lipinski definition) is 4. The molecule has 0 atom stereocenters. The van der Waals surface area contributed by atoms with Crippen molar-refractivity contribution in [2.45, 2.75) is 0 Å². The second kappa shape index (κ2) is 8.41. The Kier molecular flexibility index (Phi) is 6.13. The molecule has 0 saturated heterocycles. The summed E-state index contributed by atoms with van der Waals surface area (Å²) in [6, 6.07) is 7.52. The van der Waals surface area contributed by atoms with E-state index in [1.807, 2.05) is 0 Å². The van der Waals surface area contributed by atoms with E-state index in [4.69, 9.17) is 0 Å². The lowest BCUT2D eigenvalue weighted by Gasteiger charge is -2.10. The number of amides is 1. The predicted molar refractivity (Wildman–Crippen MR) is 110 cm³/mol. The van der Waals surface area contributed by atoms with Gasteiger partial charge in [0.2, 0.25) is 5.82 Å². The lowest BCUT2D eigenvalue weighted by molar-refractivity contribution is 0.0699. The van der Waals surface area contributed by atoms with Crippen LogP contribution in [0.2, 0.25) is 0 Å². The Bertz CT molecular complexity index is 1120. The van der Waals surface area contributed by atoms with Gasteiger partial charge in [-0.15, -0.1) is 11.3 Å². The zero-order valence-corrected chi connectivity index (χ0v) is 17.5. The number of nitrogens with one attached hydrogen (secondary N) is 1. The van der Waals surface area contributed by atoms with Crippen LogP contribution in [0.15, 0.2) is 35.7 Å². The molecule has 150 valence electrons. The molecular formula is C19H11F3INO4S. The Labute approximate surface area is 180 Å². The fraction of sp³-hybridized carbons (Fsp3) is 0.0526. The van der Waals surface area contributed by atoms with E-state index in [1.54, 1.807) is 24.3 Å². The number of aromatic carboxylic acids is 1. The Balaban J connectivity index is 2.01. The minimum Gasteiger partial charge on any atom is -0.493 e. The van der Waals surface area contributed by atoms with E-state index in [2.05, 4.69) is 32.6 Å². The monoisotopic (exact) mass is 533 g/mol. The highest BCUT2D eigenvalue weighted by molar-refractivity contribution is 14.1. The third-order valence-electron chi connectivity index (χ3n) is 3.96. The van der Waals surface area contributed by atoms with E-state index in [0.29, 0.717) is 17.2 Å². The van der Waals surface area contributed by atoms with Gasteiger partial charge in [0.15, 0.2) is 11.6 Å². The molecule has 0 spiro atoms. The standard InChI is InChI=1S/C19H11F3INO4S/c1-28-12-6-11(20)14(16(22)15(12)21)17(25)24-18-13(19(26)27)10(7-29-18)8-2-4-9(23)5-3-8/h2-7H,1H3,(H,24,25)(H,26,27). The first kappa shape index (κ1) is 21.1. The smallest absolute Gasteiger partial charge is 0.339 e. The van der Waals surface area contributed by atoms with Crippen LogP contribution in [-0.4, -0.2) is 24.1 Å². The molecule has 0 fully saturated rings. The Morgan fingerprint density at radius 2 is 1.76 bits per heavy atom. The third kappa shape index (κ3) is 4.08. The molecule has 10 heteroatoms. The average Bonchev–Trinajstić information content (AvgIpc) is 3.09. The zero-order valence-electron chi connectivity index (χ0n) is 14.6. The number of anilines is 1. The number of carboxylic acid groups (broad SMARTS) is 1. The van der Waals surface area contributed by atoms with Crippen molar-refractivity contribution in [1.82, 2.24) is 0 Å². The third-order valence-corrected chi connectivity index (χ3v) is 5.57. The average molecular weight is 533 g/mol. The van der Waals surface area contributed by atoms with E-state index in [1.165, 1.54) is 5.38 Å². The van der Waals surface area contributed by atoms with Gasteiger partial charge in [-0.25, -0.2) is 13.6 Å². The summed E-state index contributed by atoms with van der Waals surface area (Å²) in [6.07, 6.45) is 0. The van der Waals surface area contributed by atoms with Gasteiger partial charge < -0.3 is 15.2 Å². The fourth-order valence-electron chi connectivity index (χ4n) is 2.60. The minimum atomic E-state index is -1.73. The van der Waals surface area contributed by atoms with Gasteiger partial charge >= 0.3 is 5.97 Å². The van der Waals surface area contributed by atoms with Gasteiger partial charge in [-0.1, -0.05) is 12.1 Å². The van der Waals surface area contributed by atoms with Crippen LogP contribution in [0.25, 0.3) is 11.1 Å². The van der Waals surface area contributed by atoms with Crippen LogP contribution >= 0.6 is 33.9 Å². The van der Waals surface area contributed by atoms with Crippen LogP contribution in [0.5, 0.6) is 5.75 Å². The van der Waals surface area contributed by atoms with Gasteiger partial charge in [0.25, 0.3) is 5.91 Å². The number of halogens is 4. The topological polar surface area (TPSA) is 75.6 Å². The number of methoxy groups -OCH3 is 1. The number of carbonyl (C=O) groups excluding carboxylic acids is 1. The summed E-state index contributed by atoms with van der Waals surface area (Å²) in [5, 5.41) is 13.1. The van der Waals surface area contributed by atoms with Gasteiger partial charge in [0, 0.05) is 20.6 Å². The number of ether oxygens (including phenoxy) is 1. The molecule has 29 heavy (non-hydrogen) atoms. The van der Waals surface area contributed by atoms with E-state index in [0.717, 1.165) is 22.0 Å². The molecule has 0 aliphatic heterocycles. The van der Waals surface area contributed by atoms with Crippen LogP contribution in [0.4, 0.5) is 18.2 Å². The summed E-state index contributed by atoms with van der Waals surface area (Å²) >= 11 is 2.97. The molecule has 3 rings (SSSR count). The van der Waals surface area contributed by atoms with Crippen LogP contribution in [0, 0.1) is 21.0 Å². The highest BCUT2D eigenvalue weighted by Crippen LogP contribution is 2.36. The maximum Gasteiger partial charge on any atom is 0.339 e. The SMILES string of the molecule is COc1cc(F)c(C(=O)Nc2scc(-c3ccc(I)cc3)c2C(=O)O)c(F)c1F. The molecule has 1 amide bonds.